The second-order valence-electron chi connectivity index (χ2n) is 5.12. The van der Waals surface area contributed by atoms with Gasteiger partial charge in [0.15, 0.2) is 4.34 Å². The van der Waals surface area contributed by atoms with Crippen LogP contribution in [0.2, 0.25) is 0 Å². The second kappa shape index (κ2) is 7.77. The third-order valence-corrected chi connectivity index (χ3v) is 5.29. The van der Waals surface area contributed by atoms with Gasteiger partial charge in [0.05, 0.1) is 0 Å². The summed E-state index contributed by atoms with van der Waals surface area (Å²) in [6.45, 7) is 6.33. The maximum Gasteiger partial charge on any atom is 0.208 e. The Morgan fingerprint density at radius 2 is 2.10 bits per heavy atom. The molecule has 0 aliphatic carbocycles. The number of aryl methyl sites for hydroxylation is 1. The van der Waals surface area contributed by atoms with Crippen molar-refractivity contribution in [1.29, 1.82) is 0 Å². The zero-order chi connectivity index (χ0) is 15.2. The first-order valence-electron chi connectivity index (χ1n) is 7.09. The van der Waals surface area contributed by atoms with Crippen LogP contribution in [-0.2, 0) is 6.54 Å². The first-order valence-corrected chi connectivity index (χ1v) is 8.72. The molecular weight excluding hydrogens is 300 g/mol. The van der Waals surface area contributed by atoms with E-state index in [1.807, 2.05) is 19.0 Å². The first kappa shape index (κ1) is 16.3. The SMILES string of the molecule is CCCNCc1ccc(Sc2nnc(N(C)C)s2)c(C)c1. The second-order valence-corrected chi connectivity index (χ2v) is 7.37. The Labute approximate surface area is 135 Å². The van der Waals surface area contributed by atoms with Crippen LogP contribution in [0, 0.1) is 6.92 Å². The average molecular weight is 323 g/mol. The molecule has 1 aromatic heterocycles. The molecule has 0 spiro atoms. The molecule has 0 aliphatic heterocycles. The number of anilines is 1. The molecule has 6 heteroatoms. The van der Waals surface area contributed by atoms with Gasteiger partial charge in [0.1, 0.15) is 0 Å². The molecule has 21 heavy (non-hydrogen) atoms. The minimum atomic E-state index is 0.934. The van der Waals surface area contributed by atoms with Crippen LogP contribution in [0.4, 0.5) is 5.13 Å². The average Bonchev–Trinajstić information content (AvgIpc) is 2.91. The Morgan fingerprint density at radius 3 is 2.71 bits per heavy atom. The number of nitrogens with zero attached hydrogens (tertiary/aromatic N) is 3. The Kier molecular flexibility index (Phi) is 6.02. The van der Waals surface area contributed by atoms with Crippen molar-refractivity contribution in [3.05, 3.63) is 29.3 Å². The number of rotatable bonds is 7. The lowest BCUT2D eigenvalue weighted by atomic mass is 10.1. The molecule has 2 rings (SSSR count). The number of hydrogen-bond donors (Lipinski definition) is 1. The lowest BCUT2D eigenvalue weighted by molar-refractivity contribution is 0.675. The zero-order valence-corrected chi connectivity index (χ0v) is 14.6. The van der Waals surface area contributed by atoms with Crippen LogP contribution in [0.25, 0.3) is 0 Å². The van der Waals surface area contributed by atoms with Crippen molar-refractivity contribution in [2.24, 2.45) is 0 Å². The van der Waals surface area contributed by atoms with Gasteiger partial charge in [0.2, 0.25) is 5.13 Å². The molecule has 0 saturated heterocycles. The number of nitrogens with one attached hydrogen (secondary N) is 1. The molecule has 0 amide bonds. The van der Waals surface area contributed by atoms with E-state index in [0.29, 0.717) is 0 Å². The summed E-state index contributed by atoms with van der Waals surface area (Å²) in [4.78, 5) is 3.23. The van der Waals surface area contributed by atoms with Gasteiger partial charge in [-0.25, -0.2) is 0 Å². The van der Waals surface area contributed by atoms with Crippen molar-refractivity contribution in [3.63, 3.8) is 0 Å². The fourth-order valence-electron chi connectivity index (χ4n) is 1.86. The molecular formula is C15H22N4S2. The molecule has 0 fully saturated rings. The van der Waals surface area contributed by atoms with Crippen LogP contribution in [0.1, 0.15) is 24.5 Å². The lowest BCUT2D eigenvalue weighted by Crippen LogP contribution is -2.13. The van der Waals surface area contributed by atoms with Gasteiger partial charge < -0.3 is 10.2 Å². The van der Waals surface area contributed by atoms with Crippen molar-refractivity contribution >= 4 is 28.2 Å². The molecule has 114 valence electrons. The van der Waals surface area contributed by atoms with Crippen LogP contribution < -0.4 is 10.2 Å². The highest BCUT2D eigenvalue weighted by Crippen LogP contribution is 2.34. The van der Waals surface area contributed by atoms with Crippen molar-refractivity contribution < 1.29 is 0 Å². The zero-order valence-electron chi connectivity index (χ0n) is 13.0. The largest absolute Gasteiger partial charge is 0.353 e. The lowest BCUT2D eigenvalue weighted by Gasteiger charge is -2.08. The van der Waals surface area contributed by atoms with Gasteiger partial charge in [-0.1, -0.05) is 42.2 Å². The molecule has 0 aliphatic rings. The molecule has 0 radical (unpaired) electrons. The van der Waals surface area contributed by atoms with Crippen molar-refractivity contribution in [2.75, 3.05) is 25.5 Å². The highest BCUT2D eigenvalue weighted by atomic mass is 32.2. The summed E-state index contributed by atoms with van der Waals surface area (Å²) < 4.78 is 0.985. The van der Waals surface area contributed by atoms with Crippen LogP contribution in [0.15, 0.2) is 27.4 Å². The van der Waals surface area contributed by atoms with E-state index in [0.717, 1.165) is 29.0 Å². The molecule has 2 aromatic rings. The van der Waals surface area contributed by atoms with Gasteiger partial charge in [-0.05, 0) is 37.1 Å². The normalized spacial score (nSPS) is 10.9. The minimum Gasteiger partial charge on any atom is -0.353 e. The van der Waals surface area contributed by atoms with E-state index in [1.165, 1.54) is 16.0 Å². The summed E-state index contributed by atoms with van der Waals surface area (Å²) in [7, 11) is 3.97. The van der Waals surface area contributed by atoms with Gasteiger partial charge in [-0.2, -0.15) is 0 Å². The standard InChI is InChI=1S/C15H22N4S2/c1-5-8-16-10-12-6-7-13(11(2)9-12)20-15-18-17-14(21-15)19(3)4/h6-7,9,16H,5,8,10H2,1-4H3. The molecule has 0 atom stereocenters. The van der Waals surface area contributed by atoms with Gasteiger partial charge in [-0.15, -0.1) is 10.2 Å². The molecule has 0 unspecified atom stereocenters. The Hall–Kier alpha value is -1.11. The van der Waals surface area contributed by atoms with Gasteiger partial charge in [0.25, 0.3) is 0 Å². The van der Waals surface area contributed by atoms with E-state index in [1.54, 1.807) is 23.1 Å². The topological polar surface area (TPSA) is 41.1 Å². The van der Waals surface area contributed by atoms with Gasteiger partial charge in [-0.3, -0.25) is 0 Å². The van der Waals surface area contributed by atoms with Crippen molar-refractivity contribution in [1.82, 2.24) is 15.5 Å². The monoisotopic (exact) mass is 322 g/mol. The highest BCUT2D eigenvalue weighted by molar-refractivity contribution is 8.01. The molecule has 1 N–H and O–H groups in total. The fourth-order valence-corrected chi connectivity index (χ4v) is 3.65. The summed E-state index contributed by atoms with van der Waals surface area (Å²) in [5.41, 5.74) is 2.62. The third kappa shape index (κ3) is 4.69. The van der Waals surface area contributed by atoms with E-state index in [2.05, 4.69) is 47.6 Å². The number of benzene rings is 1. The number of hydrogen-bond acceptors (Lipinski definition) is 6. The molecule has 1 aromatic carbocycles. The maximum atomic E-state index is 4.23. The third-order valence-electron chi connectivity index (χ3n) is 2.97. The number of aromatic nitrogens is 2. The smallest absolute Gasteiger partial charge is 0.208 e. The van der Waals surface area contributed by atoms with Gasteiger partial charge >= 0.3 is 0 Å². The van der Waals surface area contributed by atoms with Crippen molar-refractivity contribution in [2.45, 2.75) is 36.0 Å². The van der Waals surface area contributed by atoms with Crippen LogP contribution >= 0.6 is 23.1 Å². The summed E-state index contributed by atoms with van der Waals surface area (Å²) in [5, 5.41) is 12.8. The summed E-state index contributed by atoms with van der Waals surface area (Å²) in [6.07, 6.45) is 1.16. The van der Waals surface area contributed by atoms with E-state index >= 15 is 0 Å². The van der Waals surface area contributed by atoms with E-state index in [-0.39, 0.29) is 0 Å². The molecule has 1 heterocycles. The van der Waals surface area contributed by atoms with E-state index in [4.69, 9.17) is 0 Å². The maximum absolute atomic E-state index is 4.23. The summed E-state index contributed by atoms with van der Waals surface area (Å²) >= 11 is 3.31. The predicted molar refractivity (Wildman–Crippen MR) is 91.5 cm³/mol. The Morgan fingerprint density at radius 1 is 1.29 bits per heavy atom. The molecule has 4 nitrogen and oxygen atoms in total. The summed E-state index contributed by atoms with van der Waals surface area (Å²) in [6, 6.07) is 6.62. The van der Waals surface area contributed by atoms with Crippen LogP contribution in [-0.4, -0.2) is 30.8 Å². The van der Waals surface area contributed by atoms with Gasteiger partial charge in [0, 0.05) is 25.5 Å². The Balaban J connectivity index is 2.02. The summed E-state index contributed by atoms with van der Waals surface area (Å²) in [5.74, 6) is 0. The minimum absolute atomic E-state index is 0.934. The van der Waals surface area contributed by atoms with E-state index < -0.39 is 0 Å². The molecule has 0 saturated carbocycles. The highest BCUT2D eigenvalue weighted by Gasteiger charge is 2.09. The van der Waals surface area contributed by atoms with Crippen molar-refractivity contribution in [3.8, 4) is 0 Å². The quantitative estimate of drug-likeness (QED) is 0.789. The molecule has 0 bridgehead atoms. The van der Waals surface area contributed by atoms with Crippen LogP contribution in [0.3, 0.4) is 0 Å². The fraction of sp³-hybridized carbons (Fsp3) is 0.467. The van der Waals surface area contributed by atoms with E-state index in [9.17, 15) is 0 Å². The van der Waals surface area contributed by atoms with Crippen LogP contribution in [0.5, 0.6) is 0 Å². The first-order chi connectivity index (χ1) is 10.1. The predicted octanol–water partition coefficient (Wildman–Crippen LogP) is 3.56. The Bertz CT molecular complexity index is 581.